The number of anilines is 1. The Bertz CT molecular complexity index is 775. The summed E-state index contributed by atoms with van der Waals surface area (Å²) in [5.41, 5.74) is 6.35. The van der Waals surface area contributed by atoms with Crippen molar-refractivity contribution in [2.45, 2.75) is 19.0 Å². The van der Waals surface area contributed by atoms with Gasteiger partial charge < -0.3 is 20.7 Å². The second kappa shape index (κ2) is 7.31. The highest BCUT2D eigenvalue weighted by Gasteiger charge is 2.33. The SMILES string of the molecule is COc1ccccc1N1C[C@@H](NC(=O)c2cn(CCN)nn2)CC1=O. The van der Waals surface area contributed by atoms with Gasteiger partial charge in [0, 0.05) is 19.5 Å². The molecule has 2 aromatic rings. The number of aromatic nitrogens is 3. The number of hydrogen-bond acceptors (Lipinski definition) is 6. The molecule has 9 heteroatoms. The highest BCUT2D eigenvalue weighted by Crippen LogP contribution is 2.30. The quantitative estimate of drug-likeness (QED) is 0.749. The number of nitrogens with zero attached hydrogens (tertiary/aromatic N) is 4. The summed E-state index contributed by atoms with van der Waals surface area (Å²) in [7, 11) is 1.56. The molecule has 0 saturated carbocycles. The van der Waals surface area contributed by atoms with Gasteiger partial charge in [0.2, 0.25) is 5.91 Å². The zero-order valence-electron chi connectivity index (χ0n) is 13.9. The van der Waals surface area contributed by atoms with Crippen LogP contribution in [0.1, 0.15) is 16.9 Å². The third kappa shape index (κ3) is 3.61. The van der Waals surface area contributed by atoms with E-state index in [-0.39, 0.29) is 30.0 Å². The fourth-order valence-corrected chi connectivity index (χ4v) is 2.79. The number of para-hydroxylation sites is 2. The van der Waals surface area contributed by atoms with E-state index < -0.39 is 0 Å². The number of nitrogens with one attached hydrogen (secondary N) is 1. The molecule has 1 aliphatic rings. The maximum atomic E-state index is 12.3. The van der Waals surface area contributed by atoms with Crippen molar-refractivity contribution in [3.8, 4) is 5.75 Å². The Labute approximate surface area is 144 Å². The lowest BCUT2D eigenvalue weighted by molar-refractivity contribution is -0.117. The summed E-state index contributed by atoms with van der Waals surface area (Å²) in [4.78, 5) is 26.2. The maximum Gasteiger partial charge on any atom is 0.273 e. The van der Waals surface area contributed by atoms with E-state index in [1.54, 1.807) is 18.1 Å². The molecule has 0 spiro atoms. The zero-order chi connectivity index (χ0) is 17.8. The third-order valence-corrected chi connectivity index (χ3v) is 3.97. The number of carbonyl (C=O) groups excluding carboxylic acids is 2. The predicted molar refractivity (Wildman–Crippen MR) is 90.3 cm³/mol. The van der Waals surface area contributed by atoms with Gasteiger partial charge in [-0.05, 0) is 12.1 Å². The molecular weight excluding hydrogens is 324 g/mol. The molecule has 1 saturated heterocycles. The minimum absolute atomic E-state index is 0.0680. The van der Waals surface area contributed by atoms with Crippen molar-refractivity contribution >= 4 is 17.5 Å². The zero-order valence-corrected chi connectivity index (χ0v) is 13.9. The van der Waals surface area contributed by atoms with Crippen molar-refractivity contribution in [3.63, 3.8) is 0 Å². The molecule has 0 unspecified atom stereocenters. The van der Waals surface area contributed by atoms with Gasteiger partial charge in [-0.15, -0.1) is 5.10 Å². The molecule has 25 heavy (non-hydrogen) atoms. The first-order valence-corrected chi connectivity index (χ1v) is 7.97. The summed E-state index contributed by atoms with van der Waals surface area (Å²) in [6.07, 6.45) is 1.76. The molecule has 0 bridgehead atoms. The molecule has 0 aliphatic carbocycles. The highest BCUT2D eigenvalue weighted by molar-refractivity contribution is 5.99. The molecule has 9 nitrogen and oxygen atoms in total. The molecule has 2 amide bonds. The Hall–Kier alpha value is -2.94. The summed E-state index contributed by atoms with van der Waals surface area (Å²) in [5, 5.41) is 10.5. The van der Waals surface area contributed by atoms with Crippen LogP contribution in [0.25, 0.3) is 0 Å². The fourth-order valence-electron chi connectivity index (χ4n) is 2.79. The summed E-state index contributed by atoms with van der Waals surface area (Å²) < 4.78 is 6.81. The van der Waals surface area contributed by atoms with Gasteiger partial charge in [-0.3, -0.25) is 14.3 Å². The van der Waals surface area contributed by atoms with Crippen molar-refractivity contribution in [1.29, 1.82) is 0 Å². The minimum atomic E-state index is -0.358. The van der Waals surface area contributed by atoms with Crippen LogP contribution in [0.2, 0.25) is 0 Å². The van der Waals surface area contributed by atoms with Crippen LogP contribution in [0.15, 0.2) is 30.5 Å². The maximum absolute atomic E-state index is 12.3. The number of rotatable bonds is 6. The lowest BCUT2D eigenvalue weighted by Gasteiger charge is -2.19. The van der Waals surface area contributed by atoms with Crippen LogP contribution in [-0.4, -0.2) is 53.0 Å². The van der Waals surface area contributed by atoms with E-state index in [0.717, 1.165) is 0 Å². The normalized spacial score (nSPS) is 17.0. The highest BCUT2D eigenvalue weighted by atomic mass is 16.5. The summed E-state index contributed by atoms with van der Waals surface area (Å²) >= 11 is 0. The van der Waals surface area contributed by atoms with E-state index >= 15 is 0 Å². The number of benzene rings is 1. The van der Waals surface area contributed by atoms with E-state index in [0.29, 0.717) is 31.1 Å². The van der Waals surface area contributed by atoms with E-state index in [4.69, 9.17) is 10.5 Å². The van der Waals surface area contributed by atoms with Crippen molar-refractivity contribution < 1.29 is 14.3 Å². The summed E-state index contributed by atoms with van der Waals surface area (Å²) in [6.45, 7) is 1.28. The number of methoxy groups -OCH3 is 1. The molecule has 132 valence electrons. The van der Waals surface area contributed by atoms with Gasteiger partial charge >= 0.3 is 0 Å². The molecule has 3 N–H and O–H groups in total. The van der Waals surface area contributed by atoms with Gasteiger partial charge in [-0.1, -0.05) is 17.3 Å². The molecule has 1 aliphatic heterocycles. The van der Waals surface area contributed by atoms with Gasteiger partial charge in [0.1, 0.15) is 5.75 Å². The number of amides is 2. The third-order valence-electron chi connectivity index (χ3n) is 3.97. The monoisotopic (exact) mass is 344 g/mol. The molecule has 1 atom stereocenters. The predicted octanol–water partition coefficient (Wildman–Crippen LogP) is -0.219. The van der Waals surface area contributed by atoms with Gasteiger partial charge in [-0.25, -0.2) is 0 Å². The number of carbonyl (C=O) groups is 2. The largest absolute Gasteiger partial charge is 0.495 e. The fraction of sp³-hybridized carbons (Fsp3) is 0.375. The van der Waals surface area contributed by atoms with Gasteiger partial charge in [0.25, 0.3) is 5.91 Å². The second-order valence-electron chi connectivity index (χ2n) is 5.71. The lowest BCUT2D eigenvalue weighted by atomic mass is 10.2. The number of hydrogen-bond donors (Lipinski definition) is 2. The van der Waals surface area contributed by atoms with Gasteiger partial charge in [-0.2, -0.15) is 0 Å². The molecular formula is C16H20N6O3. The Kier molecular flexibility index (Phi) is 4.94. The summed E-state index contributed by atoms with van der Waals surface area (Å²) in [6, 6.07) is 6.99. The van der Waals surface area contributed by atoms with Gasteiger partial charge in [0.15, 0.2) is 5.69 Å². The second-order valence-corrected chi connectivity index (χ2v) is 5.71. The Morgan fingerprint density at radius 2 is 2.24 bits per heavy atom. The number of nitrogens with two attached hydrogens (primary N) is 1. The van der Waals surface area contributed by atoms with Crippen LogP contribution < -0.4 is 20.7 Å². The Morgan fingerprint density at radius 1 is 1.44 bits per heavy atom. The topological polar surface area (TPSA) is 115 Å². The first kappa shape index (κ1) is 16.9. The van der Waals surface area contributed by atoms with Crippen molar-refractivity contribution in [3.05, 3.63) is 36.2 Å². The minimum Gasteiger partial charge on any atom is -0.495 e. The standard InChI is InChI=1S/C16H20N6O3/c1-25-14-5-3-2-4-13(14)22-9-11(8-15(22)23)18-16(24)12-10-21(7-6-17)20-19-12/h2-5,10-11H,6-9,17H2,1H3,(H,18,24)/t11-/m0/s1. The lowest BCUT2D eigenvalue weighted by Crippen LogP contribution is -2.37. The van der Waals surface area contributed by atoms with Crippen LogP contribution >= 0.6 is 0 Å². The first-order valence-electron chi connectivity index (χ1n) is 7.97. The molecule has 2 heterocycles. The van der Waals surface area contributed by atoms with Crippen LogP contribution in [0.3, 0.4) is 0 Å². The van der Waals surface area contributed by atoms with Gasteiger partial charge in [0.05, 0.1) is 31.6 Å². The molecule has 1 fully saturated rings. The first-order chi connectivity index (χ1) is 12.1. The average Bonchev–Trinajstić information content (AvgIpc) is 3.22. The Morgan fingerprint density at radius 3 is 3.00 bits per heavy atom. The van der Waals surface area contributed by atoms with E-state index in [2.05, 4.69) is 15.6 Å². The van der Waals surface area contributed by atoms with Crippen LogP contribution in [0, 0.1) is 0 Å². The van der Waals surface area contributed by atoms with Crippen molar-refractivity contribution in [1.82, 2.24) is 20.3 Å². The van der Waals surface area contributed by atoms with E-state index in [9.17, 15) is 9.59 Å². The molecule has 1 aromatic heterocycles. The van der Waals surface area contributed by atoms with Crippen LogP contribution in [0.5, 0.6) is 5.75 Å². The van der Waals surface area contributed by atoms with Crippen molar-refractivity contribution in [2.75, 3.05) is 25.1 Å². The average molecular weight is 344 g/mol. The number of ether oxygens (including phenoxy) is 1. The van der Waals surface area contributed by atoms with E-state index in [1.165, 1.54) is 10.9 Å². The van der Waals surface area contributed by atoms with E-state index in [1.807, 2.05) is 18.2 Å². The smallest absolute Gasteiger partial charge is 0.273 e. The molecule has 0 radical (unpaired) electrons. The molecule has 3 rings (SSSR count). The van der Waals surface area contributed by atoms with Crippen LogP contribution in [-0.2, 0) is 11.3 Å². The van der Waals surface area contributed by atoms with Crippen LogP contribution in [0.4, 0.5) is 5.69 Å². The Balaban J connectivity index is 1.67. The van der Waals surface area contributed by atoms with Crippen molar-refractivity contribution in [2.24, 2.45) is 5.73 Å². The summed E-state index contributed by atoms with van der Waals surface area (Å²) in [5.74, 6) is 0.192. The molecule has 1 aromatic carbocycles.